The first-order valence-electron chi connectivity index (χ1n) is 7.25. The number of fused-ring (bicyclic) bond motifs is 3. The van der Waals surface area contributed by atoms with E-state index in [2.05, 4.69) is 4.98 Å². The van der Waals surface area contributed by atoms with Gasteiger partial charge in [-0.05, 0) is 23.8 Å². The molecule has 1 atom stereocenters. The monoisotopic (exact) mass is 325 g/mol. The van der Waals surface area contributed by atoms with Crippen molar-refractivity contribution in [2.75, 3.05) is 0 Å². The van der Waals surface area contributed by atoms with E-state index in [1.807, 2.05) is 36.4 Å². The number of hydrogen-bond acceptors (Lipinski definition) is 3. The van der Waals surface area contributed by atoms with Crippen molar-refractivity contribution in [2.45, 2.75) is 12.3 Å². The van der Waals surface area contributed by atoms with Crippen molar-refractivity contribution in [3.8, 4) is 5.75 Å². The molecule has 114 valence electrons. The molecule has 2 heterocycles. The van der Waals surface area contributed by atoms with E-state index in [1.54, 1.807) is 12.1 Å². The van der Waals surface area contributed by atoms with Crippen molar-refractivity contribution in [3.63, 3.8) is 0 Å². The van der Waals surface area contributed by atoms with Gasteiger partial charge in [-0.2, -0.15) is 0 Å². The predicted octanol–water partition coefficient (Wildman–Crippen LogP) is 3.62. The number of aromatic amines is 1. The molecule has 1 aliphatic rings. The van der Waals surface area contributed by atoms with Gasteiger partial charge >= 0.3 is 5.97 Å². The molecule has 0 fully saturated rings. The maximum atomic E-state index is 12.6. The fourth-order valence-corrected chi connectivity index (χ4v) is 3.37. The number of carbonyl (C=O) groups is 1. The van der Waals surface area contributed by atoms with Gasteiger partial charge in [0.25, 0.3) is 5.56 Å². The third-order valence-corrected chi connectivity index (χ3v) is 4.47. The first kappa shape index (κ1) is 14.0. The summed E-state index contributed by atoms with van der Waals surface area (Å²) in [7, 11) is 0. The number of benzene rings is 2. The highest BCUT2D eigenvalue weighted by atomic mass is 35.5. The van der Waals surface area contributed by atoms with Gasteiger partial charge in [-0.25, -0.2) is 0 Å². The Hall–Kier alpha value is -2.59. The van der Waals surface area contributed by atoms with Crippen LogP contribution >= 0.6 is 11.6 Å². The summed E-state index contributed by atoms with van der Waals surface area (Å²) in [6.45, 7) is 0. The van der Waals surface area contributed by atoms with Crippen LogP contribution in [-0.2, 0) is 4.79 Å². The first-order chi connectivity index (χ1) is 11.1. The quantitative estimate of drug-likeness (QED) is 0.695. The van der Waals surface area contributed by atoms with Crippen LogP contribution in [0, 0.1) is 0 Å². The second-order valence-electron chi connectivity index (χ2n) is 5.49. The Bertz CT molecular complexity index is 993. The maximum Gasteiger partial charge on any atom is 0.312 e. The van der Waals surface area contributed by atoms with Gasteiger partial charge in [0, 0.05) is 16.3 Å². The summed E-state index contributed by atoms with van der Waals surface area (Å²) in [5.41, 5.74) is 1.60. The Kier molecular flexibility index (Phi) is 3.20. The van der Waals surface area contributed by atoms with E-state index in [4.69, 9.17) is 16.3 Å². The number of rotatable bonds is 1. The van der Waals surface area contributed by atoms with E-state index < -0.39 is 5.92 Å². The van der Waals surface area contributed by atoms with E-state index in [9.17, 15) is 9.59 Å². The van der Waals surface area contributed by atoms with Crippen LogP contribution in [0.25, 0.3) is 10.9 Å². The summed E-state index contributed by atoms with van der Waals surface area (Å²) in [6.07, 6.45) is 0.0954. The van der Waals surface area contributed by atoms with E-state index in [0.717, 1.165) is 5.56 Å². The van der Waals surface area contributed by atoms with Gasteiger partial charge in [0.1, 0.15) is 5.75 Å². The molecule has 0 unspecified atom stereocenters. The summed E-state index contributed by atoms with van der Waals surface area (Å²) in [5, 5.41) is 1.25. The van der Waals surface area contributed by atoms with Crippen molar-refractivity contribution in [1.82, 2.24) is 4.98 Å². The molecule has 2 aromatic carbocycles. The second-order valence-corrected chi connectivity index (χ2v) is 5.90. The molecule has 4 nitrogen and oxygen atoms in total. The molecular weight excluding hydrogens is 314 g/mol. The van der Waals surface area contributed by atoms with Crippen molar-refractivity contribution in [2.24, 2.45) is 0 Å². The standard InChI is InChI=1S/C18H12ClNO3/c19-13-7-3-1-5-10(13)12-9-15(21)23-17-11-6-2-4-8-14(11)20-18(22)16(12)17/h1-8,12H,9H2,(H,20,22)/t12-/m0/s1. The number of esters is 1. The van der Waals surface area contributed by atoms with Crippen LogP contribution < -0.4 is 10.3 Å². The number of carbonyl (C=O) groups excluding carboxylic acids is 1. The molecule has 0 saturated carbocycles. The molecule has 0 radical (unpaired) electrons. The molecule has 5 heteroatoms. The van der Waals surface area contributed by atoms with Crippen LogP contribution in [-0.4, -0.2) is 11.0 Å². The largest absolute Gasteiger partial charge is 0.425 e. The topological polar surface area (TPSA) is 59.2 Å². The van der Waals surface area contributed by atoms with Gasteiger partial charge in [-0.15, -0.1) is 0 Å². The van der Waals surface area contributed by atoms with Gasteiger partial charge in [-0.1, -0.05) is 41.9 Å². The lowest BCUT2D eigenvalue weighted by Crippen LogP contribution is -2.28. The zero-order valence-electron chi connectivity index (χ0n) is 12.0. The molecule has 0 saturated heterocycles. The van der Waals surface area contributed by atoms with Crippen LogP contribution in [0.2, 0.25) is 5.02 Å². The average Bonchev–Trinajstić information content (AvgIpc) is 2.54. The van der Waals surface area contributed by atoms with E-state index in [0.29, 0.717) is 27.2 Å². The molecule has 0 spiro atoms. The zero-order chi connectivity index (χ0) is 16.0. The van der Waals surface area contributed by atoms with Gasteiger partial charge < -0.3 is 9.72 Å². The summed E-state index contributed by atoms with van der Waals surface area (Å²) in [6, 6.07) is 14.5. The molecule has 1 aromatic heterocycles. The highest BCUT2D eigenvalue weighted by Gasteiger charge is 2.33. The molecule has 0 amide bonds. The summed E-state index contributed by atoms with van der Waals surface area (Å²) >= 11 is 6.28. The van der Waals surface area contributed by atoms with Crippen LogP contribution in [0.3, 0.4) is 0 Å². The fourth-order valence-electron chi connectivity index (χ4n) is 3.10. The Morgan fingerprint density at radius 3 is 2.61 bits per heavy atom. The minimum Gasteiger partial charge on any atom is -0.425 e. The number of ether oxygens (including phenoxy) is 1. The number of nitrogens with one attached hydrogen (secondary N) is 1. The van der Waals surface area contributed by atoms with Crippen LogP contribution in [0.15, 0.2) is 53.3 Å². The van der Waals surface area contributed by atoms with Crippen LogP contribution in [0.5, 0.6) is 5.75 Å². The number of pyridine rings is 1. The lowest BCUT2D eigenvalue weighted by Gasteiger charge is -2.25. The van der Waals surface area contributed by atoms with Gasteiger partial charge in [-0.3, -0.25) is 9.59 Å². The summed E-state index contributed by atoms with van der Waals surface area (Å²) in [5.74, 6) is -0.433. The molecular formula is C18H12ClNO3. The molecule has 3 aromatic rings. The minimum absolute atomic E-state index is 0.0954. The van der Waals surface area contributed by atoms with Gasteiger partial charge in [0.05, 0.1) is 17.5 Å². The van der Waals surface area contributed by atoms with Crippen molar-refractivity contribution in [1.29, 1.82) is 0 Å². The lowest BCUT2D eigenvalue weighted by molar-refractivity contribution is -0.135. The van der Waals surface area contributed by atoms with Gasteiger partial charge in [0.2, 0.25) is 0 Å². The van der Waals surface area contributed by atoms with Crippen LogP contribution in [0.4, 0.5) is 0 Å². The smallest absolute Gasteiger partial charge is 0.312 e. The van der Waals surface area contributed by atoms with E-state index >= 15 is 0 Å². The number of para-hydroxylation sites is 1. The van der Waals surface area contributed by atoms with E-state index in [1.165, 1.54) is 0 Å². The molecule has 1 N–H and O–H groups in total. The van der Waals surface area contributed by atoms with Crippen molar-refractivity contribution in [3.05, 3.63) is 75.0 Å². The third-order valence-electron chi connectivity index (χ3n) is 4.12. The predicted molar refractivity (Wildman–Crippen MR) is 88.1 cm³/mol. The molecule has 0 aliphatic carbocycles. The number of H-pyrrole nitrogens is 1. The fraction of sp³-hybridized carbons (Fsp3) is 0.111. The summed E-state index contributed by atoms with van der Waals surface area (Å²) < 4.78 is 5.42. The normalized spacial score (nSPS) is 16.9. The number of aromatic nitrogens is 1. The Morgan fingerprint density at radius 1 is 1.04 bits per heavy atom. The van der Waals surface area contributed by atoms with Crippen molar-refractivity contribution >= 4 is 28.5 Å². The average molecular weight is 326 g/mol. The molecule has 23 heavy (non-hydrogen) atoms. The number of hydrogen-bond donors (Lipinski definition) is 1. The zero-order valence-corrected chi connectivity index (χ0v) is 12.8. The highest BCUT2D eigenvalue weighted by molar-refractivity contribution is 6.31. The molecule has 4 rings (SSSR count). The third kappa shape index (κ3) is 2.23. The molecule has 0 bridgehead atoms. The lowest BCUT2D eigenvalue weighted by atomic mass is 9.86. The minimum atomic E-state index is -0.409. The van der Waals surface area contributed by atoms with Crippen LogP contribution in [0.1, 0.15) is 23.5 Å². The number of halogens is 1. The van der Waals surface area contributed by atoms with Crippen molar-refractivity contribution < 1.29 is 9.53 Å². The summed E-state index contributed by atoms with van der Waals surface area (Å²) in [4.78, 5) is 27.5. The Labute approximate surface area is 136 Å². The molecule has 1 aliphatic heterocycles. The van der Waals surface area contributed by atoms with E-state index in [-0.39, 0.29) is 17.9 Å². The van der Waals surface area contributed by atoms with Gasteiger partial charge in [0.15, 0.2) is 0 Å². The Morgan fingerprint density at radius 2 is 1.78 bits per heavy atom. The Balaban J connectivity index is 2.05. The second kappa shape index (κ2) is 5.25. The first-order valence-corrected chi connectivity index (χ1v) is 7.63. The maximum absolute atomic E-state index is 12.6. The SMILES string of the molecule is O=C1C[C@@H](c2ccccc2Cl)c2c(c3ccccc3[nH]c2=O)O1. The highest BCUT2D eigenvalue weighted by Crippen LogP contribution is 2.41.